The lowest BCUT2D eigenvalue weighted by Crippen LogP contribution is -2.30. The summed E-state index contributed by atoms with van der Waals surface area (Å²) in [6.07, 6.45) is 0.964. The van der Waals surface area contributed by atoms with Gasteiger partial charge < -0.3 is 10.0 Å². The zero-order valence-electron chi connectivity index (χ0n) is 10.6. The Morgan fingerprint density at radius 2 is 1.68 bits per heavy atom. The number of hydrogen-bond donors (Lipinski definition) is 2. The van der Waals surface area contributed by atoms with Gasteiger partial charge in [0.15, 0.2) is 0 Å². The molecule has 0 aromatic heterocycles. The van der Waals surface area contributed by atoms with Crippen LogP contribution in [0.15, 0.2) is 36.4 Å². The lowest BCUT2D eigenvalue weighted by atomic mass is 9.78. The minimum Gasteiger partial charge on any atom is -0.423 e. The van der Waals surface area contributed by atoms with Crippen LogP contribution in [0.25, 0.3) is 11.1 Å². The molecule has 0 radical (unpaired) electrons. The van der Waals surface area contributed by atoms with Crippen molar-refractivity contribution in [2.45, 2.75) is 19.3 Å². The fourth-order valence-electron chi connectivity index (χ4n) is 2.95. The molecule has 0 saturated carbocycles. The van der Waals surface area contributed by atoms with Crippen LogP contribution < -0.4 is 5.46 Å². The summed E-state index contributed by atoms with van der Waals surface area (Å²) >= 11 is 6.09. The maximum atomic E-state index is 9.31. The minimum atomic E-state index is -1.42. The highest BCUT2D eigenvalue weighted by atomic mass is 35.5. The van der Waals surface area contributed by atoms with Crippen molar-refractivity contribution in [2.75, 3.05) is 0 Å². The van der Waals surface area contributed by atoms with Gasteiger partial charge in [-0.2, -0.15) is 0 Å². The topological polar surface area (TPSA) is 40.5 Å². The van der Waals surface area contributed by atoms with Crippen molar-refractivity contribution in [3.05, 3.63) is 52.5 Å². The Labute approximate surface area is 117 Å². The van der Waals surface area contributed by atoms with E-state index >= 15 is 0 Å². The molecule has 2 nitrogen and oxygen atoms in total. The third-order valence-corrected chi connectivity index (χ3v) is 4.07. The second kappa shape index (κ2) is 4.67. The molecular formula is C15H14BClO2. The van der Waals surface area contributed by atoms with E-state index < -0.39 is 7.12 Å². The Kier molecular flexibility index (Phi) is 3.13. The van der Waals surface area contributed by atoms with Gasteiger partial charge in [0.2, 0.25) is 0 Å². The van der Waals surface area contributed by atoms with Crippen LogP contribution in [0.4, 0.5) is 0 Å². The molecule has 2 N–H and O–H groups in total. The van der Waals surface area contributed by atoms with Gasteiger partial charge in [0.1, 0.15) is 0 Å². The summed E-state index contributed by atoms with van der Waals surface area (Å²) in [5.41, 5.74) is 5.30. The molecule has 0 amide bonds. The summed E-state index contributed by atoms with van der Waals surface area (Å²) in [5.74, 6) is 0.280. The highest BCUT2D eigenvalue weighted by Gasteiger charge is 2.28. The normalized spacial score (nSPS) is 16.1. The van der Waals surface area contributed by atoms with E-state index in [-0.39, 0.29) is 5.92 Å². The lowest BCUT2D eigenvalue weighted by molar-refractivity contribution is 0.425. The van der Waals surface area contributed by atoms with Crippen LogP contribution in [-0.2, 0) is 0 Å². The van der Waals surface area contributed by atoms with Crippen molar-refractivity contribution in [3.63, 3.8) is 0 Å². The van der Waals surface area contributed by atoms with Crippen LogP contribution in [0.3, 0.4) is 0 Å². The van der Waals surface area contributed by atoms with Gasteiger partial charge in [-0.1, -0.05) is 42.8 Å². The Morgan fingerprint density at radius 1 is 1.05 bits per heavy atom. The standard InChI is InChI=1S/C15H14BClO2/c1-2-11-14-7-9(16(18)19)3-5-12(14)13-6-4-10(17)8-15(11)13/h3-8,11,18-19H,2H2,1H3. The van der Waals surface area contributed by atoms with Crippen molar-refractivity contribution in [3.8, 4) is 11.1 Å². The quantitative estimate of drug-likeness (QED) is 0.825. The predicted octanol–water partition coefficient (Wildman–Crippen LogP) is 2.54. The number of rotatable bonds is 2. The second-order valence-corrected chi connectivity index (χ2v) is 5.35. The van der Waals surface area contributed by atoms with Gasteiger partial charge in [0.05, 0.1) is 0 Å². The average molecular weight is 273 g/mol. The fraction of sp³-hybridized carbons (Fsp3) is 0.200. The average Bonchev–Trinajstić information content (AvgIpc) is 2.70. The Balaban J connectivity index is 2.21. The molecule has 1 atom stereocenters. The van der Waals surface area contributed by atoms with Crippen LogP contribution in [0.2, 0.25) is 5.02 Å². The van der Waals surface area contributed by atoms with Gasteiger partial charge in [-0.15, -0.1) is 0 Å². The molecule has 19 heavy (non-hydrogen) atoms. The molecule has 3 rings (SSSR count). The first-order valence-electron chi connectivity index (χ1n) is 6.41. The van der Waals surface area contributed by atoms with Crippen molar-refractivity contribution < 1.29 is 10.0 Å². The summed E-state index contributed by atoms with van der Waals surface area (Å²) in [4.78, 5) is 0. The summed E-state index contributed by atoms with van der Waals surface area (Å²) in [5, 5.41) is 19.4. The van der Waals surface area contributed by atoms with E-state index in [1.54, 1.807) is 6.07 Å². The highest BCUT2D eigenvalue weighted by molar-refractivity contribution is 6.58. The molecule has 0 saturated heterocycles. The van der Waals surface area contributed by atoms with Gasteiger partial charge in [-0.25, -0.2) is 0 Å². The summed E-state index contributed by atoms with van der Waals surface area (Å²) < 4.78 is 0. The van der Waals surface area contributed by atoms with Crippen LogP contribution in [0.5, 0.6) is 0 Å². The monoisotopic (exact) mass is 272 g/mol. The van der Waals surface area contributed by atoms with E-state index in [0.29, 0.717) is 5.46 Å². The third kappa shape index (κ3) is 1.98. The number of halogens is 1. The lowest BCUT2D eigenvalue weighted by Gasteiger charge is -2.11. The first kappa shape index (κ1) is 12.7. The van der Waals surface area contributed by atoms with Gasteiger partial charge in [0.25, 0.3) is 0 Å². The molecule has 1 aliphatic rings. The number of benzene rings is 2. The van der Waals surface area contributed by atoms with Crippen molar-refractivity contribution >= 4 is 24.2 Å². The Hall–Kier alpha value is -1.29. The first-order valence-corrected chi connectivity index (χ1v) is 6.79. The summed E-state index contributed by atoms with van der Waals surface area (Å²) in [7, 11) is -1.42. The van der Waals surface area contributed by atoms with E-state index in [2.05, 4.69) is 6.92 Å². The molecule has 0 bridgehead atoms. The Morgan fingerprint density at radius 3 is 2.32 bits per heavy atom. The highest BCUT2D eigenvalue weighted by Crippen LogP contribution is 2.46. The van der Waals surface area contributed by atoms with E-state index in [1.807, 2.05) is 30.3 Å². The van der Waals surface area contributed by atoms with Gasteiger partial charge in [-0.3, -0.25) is 0 Å². The molecule has 0 spiro atoms. The van der Waals surface area contributed by atoms with Crippen molar-refractivity contribution in [2.24, 2.45) is 0 Å². The second-order valence-electron chi connectivity index (χ2n) is 4.91. The fourth-order valence-corrected chi connectivity index (χ4v) is 3.13. The maximum absolute atomic E-state index is 9.31. The summed E-state index contributed by atoms with van der Waals surface area (Å²) in [6.45, 7) is 2.13. The molecular weight excluding hydrogens is 258 g/mol. The van der Waals surface area contributed by atoms with Crippen LogP contribution in [0.1, 0.15) is 30.4 Å². The molecule has 2 aromatic rings. The molecule has 96 valence electrons. The zero-order chi connectivity index (χ0) is 13.6. The molecule has 0 aliphatic heterocycles. The molecule has 0 fully saturated rings. The van der Waals surface area contributed by atoms with Gasteiger partial charge in [-0.05, 0) is 46.3 Å². The predicted molar refractivity (Wildman–Crippen MR) is 78.8 cm³/mol. The minimum absolute atomic E-state index is 0.280. The van der Waals surface area contributed by atoms with E-state index in [9.17, 15) is 10.0 Å². The largest absolute Gasteiger partial charge is 0.488 e. The summed E-state index contributed by atoms with van der Waals surface area (Å²) in [6, 6.07) is 11.6. The van der Waals surface area contributed by atoms with E-state index in [1.165, 1.54) is 16.7 Å². The van der Waals surface area contributed by atoms with Crippen molar-refractivity contribution in [1.82, 2.24) is 0 Å². The zero-order valence-corrected chi connectivity index (χ0v) is 11.4. The van der Waals surface area contributed by atoms with Crippen molar-refractivity contribution in [1.29, 1.82) is 0 Å². The van der Waals surface area contributed by atoms with Crippen LogP contribution in [-0.4, -0.2) is 17.2 Å². The van der Waals surface area contributed by atoms with E-state index in [4.69, 9.17) is 11.6 Å². The molecule has 2 aromatic carbocycles. The van der Waals surface area contributed by atoms with Crippen LogP contribution >= 0.6 is 11.6 Å². The van der Waals surface area contributed by atoms with Gasteiger partial charge in [0, 0.05) is 10.9 Å². The number of hydrogen-bond acceptors (Lipinski definition) is 2. The van der Waals surface area contributed by atoms with E-state index in [0.717, 1.165) is 17.0 Å². The maximum Gasteiger partial charge on any atom is 0.488 e. The Bertz CT molecular complexity index is 640. The number of fused-ring (bicyclic) bond motifs is 3. The van der Waals surface area contributed by atoms with Gasteiger partial charge >= 0.3 is 7.12 Å². The first-order chi connectivity index (χ1) is 9.11. The SMILES string of the molecule is CCC1c2cc(Cl)ccc2-c2ccc(B(O)O)cc21. The third-order valence-electron chi connectivity index (χ3n) is 3.84. The molecule has 0 heterocycles. The van der Waals surface area contributed by atoms with Crippen LogP contribution in [0, 0.1) is 0 Å². The molecule has 1 aliphatic carbocycles. The molecule has 1 unspecified atom stereocenters. The smallest absolute Gasteiger partial charge is 0.423 e. The molecule has 4 heteroatoms.